The molecule has 3 N–H and O–H groups in total. The van der Waals surface area contributed by atoms with Gasteiger partial charge in [0.25, 0.3) is 0 Å². The number of rotatable bonds is 2. The largest absolute Gasteiger partial charge is 0.310 e. The van der Waals surface area contributed by atoms with E-state index in [4.69, 9.17) is 5.14 Å². The Balaban J connectivity index is 2.47. The van der Waals surface area contributed by atoms with Gasteiger partial charge in [0.1, 0.15) is 0 Å². The first-order valence-electron chi connectivity index (χ1n) is 3.52. The third-order valence-electron chi connectivity index (χ3n) is 1.60. The van der Waals surface area contributed by atoms with Gasteiger partial charge in [-0.05, 0) is 19.4 Å². The van der Waals surface area contributed by atoms with Crippen LogP contribution in [0.4, 0.5) is 0 Å². The minimum atomic E-state index is -3.43. The van der Waals surface area contributed by atoms with E-state index in [1.807, 2.05) is 0 Å². The molecule has 1 fully saturated rings. The predicted octanol–water partition coefficient (Wildman–Crippen LogP) is -0.459. The fourth-order valence-electron chi connectivity index (χ4n) is 1.08. The van der Waals surface area contributed by atoms with Crippen molar-refractivity contribution in [3.05, 3.63) is 11.5 Å². The van der Waals surface area contributed by atoms with Crippen molar-refractivity contribution in [1.29, 1.82) is 0 Å². The summed E-state index contributed by atoms with van der Waals surface area (Å²) in [6.07, 6.45) is 3.69. The molecule has 0 aliphatic carbocycles. The molecule has 11 heavy (non-hydrogen) atoms. The van der Waals surface area contributed by atoms with Crippen molar-refractivity contribution in [2.24, 2.45) is 5.14 Å². The van der Waals surface area contributed by atoms with Gasteiger partial charge in [0.05, 0.1) is 0 Å². The lowest BCUT2D eigenvalue weighted by Gasteiger charge is -2.00. The van der Waals surface area contributed by atoms with Crippen LogP contribution in [0.2, 0.25) is 0 Å². The van der Waals surface area contributed by atoms with Crippen molar-refractivity contribution in [2.75, 3.05) is 6.54 Å². The first-order chi connectivity index (χ1) is 5.08. The van der Waals surface area contributed by atoms with Gasteiger partial charge in [-0.1, -0.05) is 6.08 Å². The minimum absolute atomic E-state index is 0.188. The fourth-order valence-corrected chi connectivity index (χ4v) is 1.49. The standard InChI is InChI=1S/C6H12N2O2S/c7-11(9,10)5-3-6-2-1-4-8-6/h3,5-6,8H,1-2,4H2,(H2,7,9,10)/b5-3+/t6-/m0/s1. The van der Waals surface area contributed by atoms with E-state index in [0.29, 0.717) is 0 Å². The number of sulfonamides is 1. The van der Waals surface area contributed by atoms with Crippen molar-refractivity contribution in [2.45, 2.75) is 18.9 Å². The third kappa shape index (κ3) is 3.50. The van der Waals surface area contributed by atoms with E-state index in [-0.39, 0.29) is 6.04 Å². The van der Waals surface area contributed by atoms with Crippen LogP contribution in [-0.4, -0.2) is 21.0 Å². The quantitative estimate of drug-likeness (QED) is 0.598. The van der Waals surface area contributed by atoms with E-state index in [1.165, 1.54) is 0 Å². The second kappa shape index (κ2) is 3.34. The fraction of sp³-hybridized carbons (Fsp3) is 0.667. The average molecular weight is 176 g/mol. The Bertz CT molecular complexity index is 239. The van der Waals surface area contributed by atoms with Crippen LogP contribution in [-0.2, 0) is 10.0 Å². The molecule has 1 rings (SSSR count). The van der Waals surface area contributed by atoms with Crippen molar-refractivity contribution in [1.82, 2.24) is 5.32 Å². The topological polar surface area (TPSA) is 72.2 Å². The maximum Gasteiger partial charge on any atom is 0.230 e. The molecular weight excluding hydrogens is 164 g/mol. The summed E-state index contributed by atoms with van der Waals surface area (Å²) in [6, 6.07) is 0.188. The molecule has 0 unspecified atom stereocenters. The monoisotopic (exact) mass is 176 g/mol. The number of hydrogen-bond donors (Lipinski definition) is 2. The van der Waals surface area contributed by atoms with E-state index < -0.39 is 10.0 Å². The Morgan fingerprint density at radius 1 is 1.55 bits per heavy atom. The highest BCUT2D eigenvalue weighted by Gasteiger charge is 2.10. The SMILES string of the molecule is NS(=O)(=O)/C=C/[C@@H]1CCCN1. The summed E-state index contributed by atoms with van der Waals surface area (Å²) in [6.45, 7) is 0.958. The minimum Gasteiger partial charge on any atom is -0.310 e. The molecule has 0 saturated carbocycles. The molecule has 0 amide bonds. The number of primary sulfonamides is 1. The van der Waals surface area contributed by atoms with Crippen molar-refractivity contribution in [3.63, 3.8) is 0 Å². The summed E-state index contributed by atoms with van der Waals surface area (Å²) in [7, 11) is -3.43. The summed E-state index contributed by atoms with van der Waals surface area (Å²) >= 11 is 0. The molecule has 0 bridgehead atoms. The predicted molar refractivity (Wildman–Crippen MR) is 43.3 cm³/mol. The molecule has 1 aliphatic heterocycles. The van der Waals surface area contributed by atoms with Crippen LogP contribution in [0.15, 0.2) is 11.5 Å². The van der Waals surface area contributed by atoms with Crippen molar-refractivity contribution >= 4 is 10.0 Å². The average Bonchev–Trinajstić information content (AvgIpc) is 2.32. The Kier molecular flexibility index (Phi) is 2.64. The molecule has 0 aromatic carbocycles. The summed E-state index contributed by atoms with van der Waals surface area (Å²) in [5.41, 5.74) is 0. The van der Waals surface area contributed by atoms with Gasteiger partial charge in [-0.15, -0.1) is 0 Å². The van der Waals surface area contributed by atoms with Gasteiger partial charge in [0.2, 0.25) is 10.0 Å². The molecule has 0 radical (unpaired) electrons. The van der Waals surface area contributed by atoms with Gasteiger partial charge < -0.3 is 5.32 Å². The van der Waals surface area contributed by atoms with Crippen LogP contribution in [0.1, 0.15) is 12.8 Å². The van der Waals surface area contributed by atoms with E-state index in [0.717, 1.165) is 24.8 Å². The summed E-state index contributed by atoms with van der Waals surface area (Å²) in [5, 5.41) is 8.95. The Morgan fingerprint density at radius 3 is 2.73 bits per heavy atom. The number of nitrogens with two attached hydrogens (primary N) is 1. The Labute approximate surface area is 66.5 Å². The lowest BCUT2D eigenvalue weighted by atomic mass is 10.2. The van der Waals surface area contributed by atoms with Crippen molar-refractivity contribution in [3.8, 4) is 0 Å². The first-order valence-corrected chi connectivity index (χ1v) is 5.13. The summed E-state index contributed by atoms with van der Waals surface area (Å²) < 4.78 is 20.9. The Hall–Kier alpha value is -0.390. The maximum absolute atomic E-state index is 10.5. The van der Waals surface area contributed by atoms with Crippen LogP contribution in [0.5, 0.6) is 0 Å². The van der Waals surface area contributed by atoms with Crippen LogP contribution < -0.4 is 10.5 Å². The molecule has 0 aromatic heterocycles. The zero-order valence-electron chi connectivity index (χ0n) is 6.16. The molecule has 1 saturated heterocycles. The molecule has 1 heterocycles. The zero-order chi connectivity index (χ0) is 8.32. The smallest absolute Gasteiger partial charge is 0.230 e. The summed E-state index contributed by atoms with van der Waals surface area (Å²) in [4.78, 5) is 0. The Morgan fingerprint density at radius 2 is 2.27 bits per heavy atom. The molecule has 4 nitrogen and oxygen atoms in total. The highest BCUT2D eigenvalue weighted by Crippen LogP contribution is 2.05. The van der Waals surface area contributed by atoms with Gasteiger partial charge in [-0.2, -0.15) is 0 Å². The molecule has 5 heteroatoms. The van der Waals surface area contributed by atoms with E-state index in [2.05, 4.69) is 5.32 Å². The van der Waals surface area contributed by atoms with Crippen LogP contribution in [0.3, 0.4) is 0 Å². The van der Waals surface area contributed by atoms with Gasteiger partial charge in [0.15, 0.2) is 0 Å². The second-order valence-electron chi connectivity index (χ2n) is 2.62. The molecule has 64 valence electrons. The van der Waals surface area contributed by atoms with Crippen LogP contribution in [0.25, 0.3) is 0 Å². The molecular formula is C6H12N2O2S. The highest BCUT2D eigenvalue weighted by atomic mass is 32.2. The second-order valence-corrected chi connectivity index (χ2v) is 4.07. The lowest BCUT2D eigenvalue weighted by Crippen LogP contribution is -2.19. The van der Waals surface area contributed by atoms with E-state index in [1.54, 1.807) is 6.08 Å². The number of hydrogen-bond acceptors (Lipinski definition) is 3. The summed E-state index contributed by atoms with van der Waals surface area (Å²) in [5.74, 6) is 0. The van der Waals surface area contributed by atoms with Crippen LogP contribution >= 0.6 is 0 Å². The maximum atomic E-state index is 10.5. The highest BCUT2D eigenvalue weighted by molar-refractivity contribution is 7.92. The first kappa shape index (κ1) is 8.70. The van der Waals surface area contributed by atoms with Gasteiger partial charge >= 0.3 is 0 Å². The van der Waals surface area contributed by atoms with Gasteiger partial charge in [0, 0.05) is 11.4 Å². The van der Waals surface area contributed by atoms with Crippen molar-refractivity contribution < 1.29 is 8.42 Å². The third-order valence-corrected chi connectivity index (χ3v) is 2.14. The number of nitrogens with one attached hydrogen (secondary N) is 1. The van der Waals surface area contributed by atoms with Gasteiger partial charge in [-0.25, -0.2) is 13.6 Å². The molecule has 1 atom stereocenters. The molecule has 0 spiro atoms. The van der Waals surface area contributed by atoms with E-state index >= 15 is 0 Å². The van der Waals surface area contributed by atoms with E-state index in [9.17, 15) is 8.42 Å². The van der Waals surface area contributed by atoms with Gasteiger partial charge in [-0.3, -0.25) is 0 Å². The van der Waals surface area contributed by atoms with Crippen LogP contribution in [0, 0.1) is 0 Å². The lowest BCUT2D eigenvalue weighted by molar-refractivity contribution is 0.605. The normalized spacial score (nSPS) is 26.5. The molecule has 1 aliphatic rings. The molecule has 0 aromatic rings. The zero-order valence-corrected chi connectivity index (χ0v) is 6.97.